The Bertz CT molecular complexity index is 1060. The molecule has 0 bridgehead atoms. The van der Waals surface area contributed by atoms with Crippen LogP contribution < -0.4 is 27.0 Å². The van der Waals surface area contributed by atoms with Crippen LogP contribution in [0.3, 0.4) is 0 Å². The first-order valence-electron chi connectivity index (χ1n) is 15.0. The summed E-state index contributed by atoms with van der Waals surface area (Å²) in [6, 6.07) is 7.22. The zero-order valence-corrected chi connectivity index (χ0v) is 23.6. The van der Waals surface area contributed by atoms with Gasteiger partial charge in [-0.2, -0.15) is 0 Å². The van der Waals surface area contributed by atoms with E-state index in [9.17, 15) is 10.2 Å². The van der Waals surface area contributed by atoms with Crippen molar-refractivity contribution in [2.75, 3.05) is 57.8 Å². The van der Waals surface area contributed by atoms with Crippen LogP contribution in [0.5, 0.6) is 0 Å². The summed E-state index contributed by atoms with van der Waals surface area (Å²) in [5, 5.41) is 36.0. The second-order valence-corrected chi connectivity index (χ2v) is 12.9. The highest BCUT2D eigenvalue weighted by atomic mass is 16.6. The number of aliphatic hydroxyl groups is 2. The van der Waals surface area contributed by atoms with Crippen molar-refractivity contribution in [3.8, 4) is 0 Å². The molecule has 8 atom stereocenters. The normalized spacial score (nSPS) is 41.8. The molecule has 0 radical (unpaired) electrons. The maximum atomic E-state index is 10.9. The number of anilines is 2. The number of nitrogens with two attached hydrogens (primary N) is 1. The van der Waals surface area contributed by atoms with Crippen molar-refractivity contribution < 1.29 is 19.7 Å². The molecule has 1 aromatic rings. The molecule has 12 heteroatoms. The molecule has 12 nitrogen and oxygen atoms in total. The Labute approximate surface area is 236 Å². The predicted molar refractivity (Wildman–Crippen MR) is 151 cm³/mol. The Morgan fingerprint density at radius 2 is 1.85 bits per heavy atom. The molecular weight excluding hydrogens is 512 g/mol. The zero-order chi connectivity index (χ0) is 27.5. The molecule has 0 aromatic heterocycles. The van der Waals surface area contributed by atoms with Gasteiger partial charge in [0.15, 0.2) is 0 Å². The number of nitrogens with zero attached hydrogens (tertiary/aromatic N) is 3. The molecular formula is C28H46N8O4. The molecule has 7 rings (SSSR count). The molecule has 222 valence electrons. The topological polar surface area (TPSA) is 143 Å². The summed E-state index contributed by atoms with van der Waals surface area (Å²) in [4.78, 5) is 6.43. The number of aliphatic hydroxyl groups excluding tert-OH is 2. The van der Waals surface area contributed by atoms with Crippen LogP contribution in [0.1, 0.15) is 37.2 Å². The first kappa shape index (κ1) is 27.3. The average Bonchev–Trinajstić information content (AvgIpc) is 3.56. The maximum Gasteiger partial charge on any atom is 0.142 e. The molecule has 8 N–H and O–H groups in total. The Morgan fingerprint density at radius 3 is 2.62 bits per heavy atom. The van der Waals surface area contributed by atoms with E-state index in [4.69, 9.17) is 15.2 Å². The van der Waals surface area contributed by atoms with Crippen LogP contribution in [0.15, 0.2) is 18.2 Å². The molecule has 5 aliphatic heterocycles. The van der Waals surface area contributed by atoms with Gasteiger partial charge in [-0.1, -0.05) is 6.07 Å². The molecule has 1 aromatic carbocycles. The molecule has 4 unspecified atom stereocenters. The van der Waals surface area contributed by atoms with E-state index < -0.39 is 24.5 Å². The minimum atomic E-state index is -0.959. The number of rotatable bonds is 8. The monoisotopic (exact) mass is 558 g/mol. The number of hydrogen-bond acceptors (Lipinski definition) is 12. The highest BCUT2D eigenvalue weighted by molar-refractivity contribution is 5.75. The minimum absolute atomic E-state index is 0.0315. The predicted octanol–water partition coefficient (Wildman–Crippen LogP) is -0.764. The van der Waals surface area contributed by atoms with Gasteiger partial charge in [0.25, 0.3) is 0 Å². The lowest BCUT2D eigenvalue weighted by Gasteiger charge is -2.43. The van der Waals surface area contributed by atoms with Crippen LogP contribution in [0.2, 0.25) is 0 Å². The molecule has 5 heterocycles. The summed E-state index contributed by atoms with van der Waals surface area (Å²) in [6.07, 6.45) is 1.85. The molecule has 0 spiro atoms. The van der Waals surface area contributed by atoms with Crippen LogP contribution in [-0.2, 0) is 9.47 Å². The van der Waals surface area contributed by atoms with Gasteiger partial charge in [-0.15, -0.1) is 0 Å². The van der Waals surface area contributed by atoms with E-state index in [1.54, 1.807) is 0 Å². The first-order valence-corrected chi connectivity index (χ1v) is 15.0. The second kappa shape index (κ2) is 10.9. The van der Waals surface area contributed by atoms with E-state index in [0.717, 1.165) is 32.5 Å². The van der Waals surface area contributed by atoms with Crippen LogP contribution in [-0.4, -0.2) is 127 Å². The smallest absolute Gasteiger partial charge is 0.142 e. The fourth-order valence-corrected chi connectivity index (χ4v) is 7.37. The number of hydrogen-bond donors (Lipinski definition) is 7. The third-order valence-electron chi connectivity index (χ3n) is 10.3. The van der Waals surface area contributed by atoms with E-state index in [2.05, 4.69) is 61.2 Å². The maximum absolute atomic E-state index is 10.9. The summed E-state index contributed by atoms with van der Waals surface area (Å²) in [7, 11) is 4.10. The molecule has 1 saturated carbocycles. The quantitative estimate of drug-likeness (QED) is 0.215. The average molecular weight is 559 g/mol. The van der Waals surface area contributed by atoms with E-state index in [-0.39, 0.29) is 24.5 Å². The number of ether oxygens (including phenoxy) is 2. The van der Waals surface area contributed by atoms with Crippen molar-refractivity contribution in [1.29, 1.82) is 0 Å². The standard InChI is InChI=1S/C28H46N8O4/c1-34(10-21-24(37)25(38)28(40-21)36-14-30-23-26(29)35(2)13-31-27(23)36)18-7-15(8-18)3-6-22-32-19-5-4-16(9-20(19)33-22)17-11-39-12-17/h4-5,9,15,17-18,21-28,30-33,37-38H,3,6-8,10-14,29H2,1-2H3/t15-,18+,21-,22?,23?,24-,25-,26?,27?,28-/m1/s1. The third-order valence-corrected chi connectivity index (χ3v) is 10.3. The summed E-state index contributed by atoms with van der Waals surface area (Å²) < 4.78 is 11.7. The summed E-state index contributed by atoms with van der Waals surface area (Å²) in [6.45, 7) is 3.49. The molecule has 40 heavy (non-hydrogen) atoms. The Morgan fingerprint density at radius 1 is 1.05 bits per heavy atom. The Balaban J connectivity index is 0.853. The second-order valence-electron chi connectivity index (χ2n) is 12.9. The van der Waals surface area contributed by atoms with Crippen molar-refractivity contribution in [1.82, 2.24) is 25.3 Å². The van der Waals surface area contributed by atoms with Crippen molar-refractivity contribution >= 4 is 11.4 Å². The van der Waals surface area contributed by atoms with Crippen LogP contribution >= 0.6 is 0 Å². The lowest BCUT2D eigenvalue weighted by atomic mass is 9.76. The third kappa shape index (κ3) is 4.91. The van der Waals surface area contributed by atoms with Crippen molar-refractivity contribution in [2.24, 2.45) is 11.7 Å². The minimum Gasteiger partial charge on any atom is -0.387 e. The lowest BCUT2D eigenvalue weighted by molar-refractivity contribution is -0.112. The van der Waals surface area contributed by atoms with E-state index >= 15 is 0 Å². The van der Waals surface area contributed by atoms with Crippen LogP contribution in [0.4, 0.5) is 11.4 Å². The number of likely N-dealkylation sites (N-methyl/N-ethyl adjacent to an activating group) is 2. The zero-order valence-electron chi connectivity index (χ0n) is 23.6. The summed E-state index contributed by atoms with van der Waals surface area (Å²) >= 11 is 0. The van der Waals surface area contributed by atoms with Crippen LogP contribution in [0.25, 0.3) is 0 Å². The SMILES string of the molecule is CN1CNC2C(NCN2[C@@H]2O[C@H](CN(C)[C@H]3C[C@@H](CCC4Nc5ccc(C6COC6)cc5N4)C3)[C@@H](O)[C@H]2O)C1N. The summed E-state index contributed by atoms with van der Waals surface area (Å²) in [5.74, 6) is 1.25. The number of benzene rings is 1. The summed E-state index contributed by atoms with van der Waals surface area (Å²) in [5.41, 5.74) is 10.1. The largest absolute Gasteiger partial charge is 0.387 e. The Kier molecular flexibility index (Phi) is 7.44. The van der Waals surface area contributed by atoms with Crippen LogP contribution in [0, 0.1) is 5.92 Å². The van der Waals surface area contributed by atoms with Gasteiger partial charge in [0.1, 0.15) is 24.5 Å². The van der Waals surface area contributed by atoms with Gasteiger partial charge < -0.3 is 41.0 Å². The fraction of sp³-hybridized carbons (Fsp3) is 0.786. The van der Waals surface area contributed by atoms with Gasteiger partial charge in [-0.05, 0) is 63.4 Å². The molecule has 6 aliphatic rings. The van der Waals surface area contributed by atoms with Gasteiger partial charge in [0.05, 0.1) is 62.5 Å². The fourth-order valence-electron chi connectivity index (χ4n) is 7.37. The van der Waals surface area contributed by atoms with E-state index in [1.165, 1.54) is 23.4 Å². The first-order chi connectivity index (χ1) is 19.4. The van der Waals surface area contributed by atoms with Gasteiger partial charge >= 0.3 is 0 Å². The molecule has 4 saturated heterocycles. The highest BCUT2D eigenvalue weighted by Gasteiger charge is 2.52. The van der Waals surface area contributed by atoms with Gasteiger partial charge in [-0.25, -0.2) is 4.90 Å². The molecule has 5 fully saturated rings. The molecule has 0 amide bonds. The Hall–Kier alpha value is -1.58. The van der Waals surface area contributed by atoms with Gasteiger partial charge in [0.2, 0.25) is 0 Å². The van der Waals surface area contributed by atoms with Crippen molar-refractivity contribution in [2.45, 2.75) is 86.7 Å². The van der Waals surface area contributed by atoms with Crippen molar-refractivity contribution in [3.63, 3.8) is 0 Å². The number of fused-ring (bicyclic) bond motifs is 2. The lowest BCUT2D eigenvalue weighted by Crippen LogP contribution is -2.68. The number of nitrogens with one attached hydrogen (secondary N) is 4. The highest BCUT2D eigenvalue weighted by Crippen LogP contribution is 2.39. The van der Waals surface area contributed by atoms with E-state index in [1.807, 2.05) is 7.05 Å². The van der Waals surface area contributed by atoms with Crippen molar-refractivity contribution in [3.05, 3.63) is 23.8 Å². The van der Waals surface area contributed by atoms with Gasteiger partial charge in [0, 0.05) is 18.5 Å². The van der Waals surface area contributed by atoms with E-state index in [0.29, 0.717) is 37.8 Å². The van der Waals surface area contributed by atoms with Gasteiger partial charge in [-0.3, -0.25) is 15.5 Å². The molecule has 1 aliphatic carbocycles.